The molecule has 1 unspecified atom stereocenters. The molecular formula is C12H18N4O2S. The number of nitrogens with zero attached hydrogens (tertiary/aromatic N) is 3. The van der Waals surface area contributed by atoms with Gasteiger partial charge in [-0.15, -0.1) is 11.3 Å². The summed E-state index contributed by atoms with van der Waals surface area (Å²) >= 11 is 1.55. The highest BCUT2D eigenvalue weighted by Gasteiger charge is 2.22. The number of hydrogen-bond acceptors (Lipinski definition) is 7. The summed E-state index contributed by atoms with van der Waals surface area (Å²) in [6.07, 6.45) is 0.595. The Hall–Kier alpha value is -1.31. The molecule has 0 saturated heterocycles. The molecule has 0 spiro atoms. The molecular weight excluding hydrogens is 264 g/mol. The standard InChI is InChI=1S/C12H18N4O2S/c1-7(2)10(17-3)11-15-12(18-16-11)8-6-19-9(14-8)4-5-13/h6-7,10H,4-5,13H2,1-3H3. The molecule has 2 N–H and O–H groups in total. The van der Waals surface area contributed by atoms with E-state index >= 15 is 0 Å². The molecule has 2 aromatic rings. The van der Waals surface area contributed by atoms with Crippen molar-refractivity contribution in [1.29, 1.82) is 0 Å². The second-order valence-corrected chi connectivity index (χ2v) is 5.47. The van der Waals surface area contributed by atoms with Gasteiger partial charge in [-0.3, -0.25) is 0 Å². The van der Waals surface area contributed by atoms with E-state index in [9.17, 15) is 0 Å². The van der Waals surface area contributed by atoms with Crippen LogP contribution in [0.1, 0.15) is 30.8 Å². The van der Waals surface area contributed by atoms with E-state index in [1.54, 1.807) is 18.4 Å². The molecule has 0 aromatic carbocycles. The number of aromatic nitrogens is 3. The van der Waals surface area contributed by atoms with Crippen LogP contribution in [-0.4, -0.2) is 28.8 Å². The van der Waals surface area contributed by atoms with Gasteiger partial charge < -0.3 is 15.0 Å². The molecule has 0 fully saturated rings. The summed E-state index contributed by atoms with van der Waals surface area (Å²) in [4.78, 5) is 8.77. The Morgan fingerprint density at radius 2 is 2.21 bits per heavy atom. The third kappa shape index (κ3) is 3.17. The third-order valence-corrected chi connectivity index (χ3v) is 3.59. The highest BCUT2D eigenvalue weighted by Crippen LogP contribution is 2.26. The first-order valence-electron chi connectivity index (χ1n) is 6.17. The summed E-state index contributed by atoms with van der Waals surface area (Å²) in [5.41, 5.74) is 6.20. The Bertz CT molecular complexity index is 523. The normalized spacial score (nSPS) is 13.1. The summed E-state index contributed by atoms with van der Waals surface area (Å²) in [5, 5.41) is 6.85. The maximum atomic E-state index is 5.50. The first-order chi connectivity index (χ1) is 9.15. The minimum Gasteiger partial charge on any atom is -0.373 e. The molecule has 0 aliphatic rings. The van der Waals surface area contributed by atoms with Crippen LogP contribution in [0.4, 0.5) is 0 Å². The summed E-state index contributed by atoms with van der Waals surface area (Å²) in [7, 11) is 1.64. The molecule has 0 amide bonds. The van der Waals surface area contributed by atoms with Crippen molar-refractivity contribution in [2.75, 3.05) is 13.7 Å². The van der Waals surface area contributed by atoms with Gasteiger partial charge in [0, 0.05) is 18.9 Å². The highest BCUT2D eigenvalue weighted by molar-refractivity contribution is 7.09. The molecule has 0 bridgehead atoms. The van der Waals surface area contributed by atoms with Gasteiger partial charge in [0.25, 0.3) is 5.89 Å². The zero-order chi connectivity index (χ0) is 13.8. The van der Waals surface area contributed by atoms with Crippen LogP contribution in [0, 0.1) is 5.92 Å². The van der Waals surface area contributed by atoms with Gasteiger partial charge in [-0.05, 0) is 12.5 Å². The molecule has 19 heavy (non-hydrogen) atoms. The van der Waals surface area contributed by atoms with Crippen molar-refractivity contribution in [3.05, 3.63) is 16.2 Å². The lowest BCUT2D eigenvalue weighted by atomic mass is 10.1. The average molecular weight is 282 g/mol. The first-order valence-corrected chi connectivity index (χ1v) is 7.05. The maximum Gasteiger partial charge on any atom is 0.277 e. The predicted octanol–water partition coefficient (Wildman–Crippen LogP) is 2.04. The summed E-state index contributed by atoms with van der Waals surface area (Å²) in [6.45, 7) is 4.68. The predicted molar refractivity (Wildman–Crippen MR) is 72.8 cm³/mol. The van der Waals surface area contributed by atoms with Crippen LogP contribution in [-0.2, 0) is 11.2 Å². The Balaban J connectivity index is 2.19. The van der Waals surface area contributed by atoms with Crippen LogP contribution >= 0.6 is 11.3 Å². The lowest BCUT2D eigenvalue weighted by Gasteiger charge is -2.14. The number of ether oxygens (including phenoxy) is 1. The van der Waals surface area contributed by atoms with Crippen LogP contribution in [0.25, 0.3) is 11.6 Å². The number of thiazole rings is 1. The van der Waals surface area contributed by atoms with E-state index in [1.165, 1.54) is 0 Å². The van der Waals surface area contributed by atoms with Crippen LogP contribution in [0.2, 0.25) is 0 Å². The van der Waals surface area contributed by atoms with E-state index in [0.29, 0.717) is 24.0 Å². The van der Waals surface area contributed by atoms with Crippen LogP contribution in [0.5, 0.6) is 0 Å². The molecule has 2 aromatic heterocycles. The van der Waals surface area contributed by atoms with E-state index in [1.807, 2.05) is 19.2 Å². The molecule has 7 heteroatoms. The highest BCUT2D eigenvalue weighted by atomic mass is 32.1. The van der Waals surface area contributed by atoms with Gasteiger partial charge in [-0.25, -0.2) is 4.98 Å². The van der Waals surface area contributed by atoms with Crippen molar-refractivity contribution in [2.24, 2.45) is 11.7 Å². The molecule has 0 aliphatic carbocycles. The first kappa shape index (κ1) is 14.1. The number of nitrogens with two attached hydrogens (primary N) is 1. The lowest BCUT2D eigenvalue weighted by molar-refractivity contribution is 0.0556. The molecule has 2 rings (SSSR count). The average Bonchev–Trinajstić information content (AvgIpc) is 2.99. The van der Waals surface area contributed by atoms with E-state index in [-0.39, 0.29) is 12.0 Å². The summed E-state index contributed by atoms with van der Waals surface area (Å²) < 4.78 is 10.6. The van der Waals surface area contributed by atoms with Crippen molar-refractivity contribution in [3.8, 4) is 11.6 Å². The molecule has 1 atom stereocenters. The molecule has 0 aliphatic heterocycles. The van der Waals surface area contributed by atoms with E-state index in [4.69, 9.17) is 15.0 Å². The minimum atomic E-state index is -0.167. The Labute approximate surface area is 116 Å². The second-order valence-electron chi connectivity index (χ2n) is 4.52. The number of methoxy groups -OCH3 is 1. The Morgan fingerprint density at radius 1 is 1.42 bits per heavy atom. The van der Waals surface area contributed by atoms with Crippen molar-refractivity contribution >= 4 is 11.3 Å². The van der Waals surface area contributed by atoms with Gasteiger partial charge in [0.15, 0.2) is 0 Å². The maximum absolute atomic E-state index is 5.50. The van der Waals surface area contributed by atoms with E-state index < -0.39 is 0 Å². The smallest absolute Gasteiger partial charge is 0.277 e. The number of hydrogen-bond donors (Lipinski definition) is 1. The Morgan fingerprint density at radius 3 is 2.84 bits per heavy atom. The monoisotopic (exact) mass is 282 g/mol. The van der Waals surface area contributed by atoms with Crippen LogP contribution < -0.4 is 5.73 Å². The van der Waals surface area contributed by atoms with Crippen LogP contribution in [0.15, 0.2) is 9.90 Å². The van der Waals surface area contributed by atoms with Crippen molar-refractivity contribution in [3.63, 3.8) is 0 Å². The molecule has 6 nitrogen and oxygen atoms in total. The van der Waals surface area contributed by atoms with E-state index in [2.05, 4.69) is 15.1 Å². The molecule has 0 saturated carbocycles. The van der Waals surface area contributed by atoms with Crippen molar-refractivity contribution < 1.29 is 9.26 Å². The molecule has 0 radical (unpaired) electrons. The third-order valence-electron chi connectivity index (χ3n) is 2.68. The fourth-order valence-corrected chi connectivity index (χ4v) is 2.57. The largest absolute Gasteiger partial charge is 0.373 e. The zero-order valence-electron chi connectivity index (χ0n) is 11.3. The van der Waals surface area contributed by atoms with Crippen LogP contribution in [0.3, 0.4) is 0 Å². The van der Waals surface area contributed by atoms with Crippen molar-refractivity contribution in [2.45, 2.75) is 26.4 Å². The SMILES string of the molecule is COC(c1noc(-c2csc(CCN)n2)n1)C(C)C. The summed E-state index contributed by atoms with van der Waals surface area (Å²) in [5.74, 6) is 1.26. The zero-order valence-corrected chi connectivity index (χ0v) is 12.1. The molecule has 104 valence electrons. The van der Waals surface area contributed by atoms with Gasteiger partial charge in [-0.1, -0.05) is 19.0 Å². The Kier molecular flexibility index (Phi) is 4.62. The number of rotatable bonds is 6. The quantitative estimate of drug-likeness (QED) is 0.872. The fourth-order valence-electron chi connectivity index (χ4n) is 1.78. The lowest BCUT2D eigenvalue weighted by Crippen LogP contribution is -2.10. The van der Waals surface area contributed by atoms with Gasteiger partial charge in [-0.2, -0.15) is 4.98 Å². The fraction of sp³-hybridized carbons (Fsp3) is 0.583. The van der Waals surface area contributed by atoms with Gasteiger partial charge >= 0.3 is 0 Å². The van der Waals surface area contributed by atoms with Gasteiger partial charge in [0.1, 0.15) is 11.8 Å². The van der Waals surface area contributed by atoms with Crippen molar-refractivity contribution in [1.82, 2.24) is 15.1 Å². The van der Waals surface area contributed by atoms with Gasteiger partial charge in [0.05, 0.1) is 5.01 Å². The van der Waals surface area contributed by atoms with Gasteiger partial charge in [0.2, 0.25) is 5.82 Å². The summed E-state index contributed by atoms with van der Waals surface area (Å²) in [6, 6.07) is 0. The second kappa shape index (κ2) is 6.23. The minimum absolute atomic E-state index is 0.167. The molecule has 2 heterocycles. The topological polar surface area (TPSA) is 87.1 Å². The van der Waals surface area contributed by atoms with E-state index in [0.717, 1.165) is 11.4 Å².